The van der Waals surface area contributed by atoms with Crippen molar-refractivity contribution in [2.45, 2.75) is 20.8 Å². The molecule has 156 valence electrons. The fourth-order valence-corrected chi connectivity index (χ4v) is 3.75. The second-order valence-electron chi connectivity index (χ2n) is 7.85. The van der Waals surface area contributed by atoms with Gasteiger partial charge in [0.15, 0.2) is 0 Å². The quantitative estimate of drug-likeness (QED) is 0.704. The normalized spacial score (nSPS) is 14.6. The smallest absolute Gasteiger partial charge is 0.239 e. The monoisotopic (exact) mass is 404 g/mol. The van der Waals surface area contributed by atoms with E-state index in [2.05, 4.69) is 43.1 Å². The molecule has 1 aliphatic heterocycles. The van der Waals surface area contributed by atoms with E-state index < -0.39 is 0 Å². The van der Waals surface area contributed by atoms with Gasteiger partial charge in [-0.2, -0.15) is 5.10 Å². The van der Waals surface area contributed by atoms with Gasteiger partial charge in [0.05, 0.1) is 31.1 Å². The van der Waals surface area contributed by atoms with Gasteiger partial charge in [0, 0.05) is 24.7 Å². The van der Waals surface area contributed by atoms with Crippen LogP contribution in [0.25, 0.3) is 16.9 Å². The molecule has 4 rings (SSSR count). The lowest BCUT2D eigenvalue weighted by atomic mass is 9.99. The summed E-state index contributed by atoms with van der Waals surface area (Å²) in [4.78, 5) is 14.8. The van der Waals surface area contributed by atoms with E-state index in [9.17, 15) is 4.79 Å². The Kier molecular flexibility index (Phi) is 5.97. The van der Waals surface area contributed by atoms with Gasteiger partial charge in [0.25, 0.3) is 0 Å². The number of ether oxygens (including phenoxy) is 1. The Labute approximate surface area is 177 Å². The number of morpholine rings is 1. The fourth-order valence-electron chi connectivity index (χ4n) is 3.75. The van der Waals surface area contributed by atoms with Crippen LogP contribution in [0.3, 0.4) is 0 Å². The number of carbonyl (C=O) groups is 1. The van der Waals surface area contributed by atoms with E-state index >= 15 is 0 Å². The summed E-state index contributed by atoms with van der Waals surface area (Å²) in [5.41, 5.74) is 6.49. The van der Waals surface area contributed by atoms with Crippen LogP contribution in [0.15, 0.2) is 48.5 Å². The third-order valence-electron chi connectivity index (χ3n) is 5.57. The second kappa shape index (κ2) is 8.81. The highest BCUT2D eigenvalue weighted by Crippen LogP contribution is 2.29. The molecule has 0 spiro atoms. The maximum atomic E-state index is 12.7. The van der Waals surface area contributed by atoms with Crippen molar-refractivity contribution >= 4 is 11.7 Å². The second-order valence-corrected chi connectivity index (χ2v) is 7.85. The van der Waals surface area contributed by atoms with E-state index in [-0.39, 0.29) is 5.91 Å². The van der Waals surface area contributed by atoms with Crippen LogP contribution in [0.1, 0.15) is 16.7 Å². The minimum Gasteiger partial charge on any atom is -0.379 e. The number of hydrogen-bond acceptors (Lipinski definition) is 4. The minimum absolute atomic E-state index is 0.0441. The van der Waals surface area contributed by atoms with Crippen LogP contribution in [0.5, 0.6) is 0 Å². The van der Waals surface area contributed by atoms with Gasteiger partial charge in [-0.15, -0.1) is 0 Å². The van der Waals surface area contributed by atoms with Gasteiger partial charge in [0.2, 0.25) is 5.91 Å². The fraction of sp³-hybridized carbons (Fsp3) is 0.333. The van der Waals surface area contributed by atoms with E-state index in [1.807, 2.05) is 36.4 Å². The summed E-state index contributed by atoms with van der Waals surface area (Å²) in [5.74, 6) is 0.629. The molecule has 1 aromatic heterocycles. The van der Waals surface area contributed by atoms with E-state index in [1.54, 1.807) is 4.68 Å². The molecule has 30 heavy (non-hydrogen) atoms. The Morgan fingerprint density at radius 1 is 1.00 bits per heavy atom. The van der Waals surface area contributed by atoms with Gasteiger partial charge in [-0.05, 0) is 55.7 Å². The average Bonchev–Trinajstić information content (AvgIpc) is 3.15. The molecule has 6 nitrogen and oxygen atoms in total. The number of para-hydroxylation sites is 1. The molecule has 1 N–H and O–H groups in total. The highest BCUT2D eigenvalue weighted by molar-refractivity contribution is 5.92. The first-order valence-corrected chi connectivity index (χ1v) is 10.3. The van der Waals surface area contributed by atoms with Crippen LogP contribution in [0.2, 0.25) is 0 Å². The summed E-state index contributed by atoms with van der Waals surface area (Å²) in [6, 6.07) is 16.2. The third kappa shape index (κ3) is 4.45. The van der Waals surface area contributed by atoms with Crippen molar-refractivity contribution in [2.75, 3.05) is 38.2 Å². The minimum atomic E-state index is -0.0441. The van der Waals surface area contributed by atoms with Gasteiger partial charge in [0.1, 0.15) is 5.82 Å². The van der Waals surface area contributed by atoms with E-state index in [4.69, 9.17) is 9.84 Å². The lowest BCUT2D eigenvalue weighted by Crippen LogP contribution is -2.41. The van der Waals surface area contributed by atoms with Crippen LogP contribution in [-0.2, 0) is 9.53 Å². The van der Waals surface area contributed by atoms with Crippen LogP contribution in [0.4, 0.5) is 5.82 Å². The van der Waals surface area contributed by atoms with Gasteiger partial charge in [-0.1, -0.05) is 24.3 Å². The molecule has 0 aliphatic carbocycles. The number of hydrogen-bond donors (Lipinski definition) is 1. The molecule has 0 atom stereocenters. The standard InChI is InChI=1S/C24H28N4O2/c1-17-13-19(3)21(14-18(17)2)22-15-23(28(26-22)20-7-5-4-6-8-20)25-24(29)16-27-9-11-30-12-10-27/h4-8,13-15H,9-12,16H2,1-3H3,(H,25,29). The molecule has 2 aromatic carbocycles. The van der Waals surface area contributed by atoms with Crippen molar-refractivity contribution in [3.05, 3.63) is 65.2 Å². The summed E-state index contributed by atoms with van der Waals surface area (Å²) < 4.78 is 7.18. The maximum absolute atomic E-state index is 12.7. The first-order valence-electron chi connectivity index (χ1n) is 10.3. The first kappa shape index (κ1) is 20.3. The Balaban J connectivity index is 1.66. The lowest BCUT2D eigenvalue weighted by Gasteiger charge is -2.25. The van der Waals surface area contributed by atoms with Crippen LogP contribution in [0, 0.1) is 20.8 Å². The summed E-state index contributed by atoms with van der Waals surface area (Å²) in [5, 5.41) is 7.92. The maximum Gasteiger partial charge on any atom is 0.239 e. The van der Waals surface area contributed by atoms with Crippen molar-refractivity contribution in [1.29, 1.82) is 0 Å². The molecule has 0 unspecified atom stereocenters. The highest BCUT2D eigenvalue weighted by atomic mass is 16.5. The number of nitrogens with one attached hydrogen (secondary N) is 1. The summed E-state index contributed by atoms with van der Waals surface area (Å²) in [6.07, 6.45) is 0. The largest absolute Gasteiger partial charge is 0.379 e. The van der Waals surface area contributed by atoms with Crippen molar-refractivity contribution in [3.63, 3.8) is 0 Å². The Hall–Kier alpha value is -2.96. The van der Waals surface area contributed by atoms with E-state index in [0.717, 1.165) is 30.0 Å². The van der Waals surface area contributed by atoms with Gasteiger partial charge < -0.3 is 10.1 Å². The molecule has 1 aliphatic rings. The van der Waals surface area contributed by atoms with Crippen molar-refractivity contribution in [3.8, 4) is 16.9 Å². The average molecular weight is 405 g/mol. The molecule has 2 heterocycles. The summed E-state index contributed by atoms with van der Waals surface area (Å²) >= 11 is 0. The number of amides is 1. The van der Waals surface area contributed by atoms with Crippen LogP contribution in [-0.4, -0.2) is 53.4 Å². The number of rotatable bonds is 5. The van der Waals surface area contributed by atoms with Crippen LogP contribution >= 0.6 is 0 Å². The van der Waals surface area contributed by atoms with Crippen molar-refractivity contribution in [2.24, 2.45) is 0 Å². The van der Waals surface area contributed by atoms with E-state index in [1.165, 1.54) is 16.7 Å². The topological polar surface area (TPSA) is 59.4 Å². The van der Waals surface area contributed by atoms with Gasteiger partial charge in [-0.3, -0.25) is 9.69 Å². The molecule has 0 bridgehead atoms. The predicted octanol–water partition coefficient (Wildman–Crippen LogP) is 3.74. The molecule has 1 fully saturated rings. The zero-order valence-electron chi connectivity index (χ0n) is 17.8. The number of benzene rings is 2. The lowest BCUT2D eigenvalue weighted by molar-refractivity contribution is -0.118. The molecule has 1 saturated heterocycles. The number of carbonyl (C=O) groups excluding carboxylic acids is 1. The Bertz CT molecular complexity index is 1040. The molecule has 3 aromatic rings. The highest BCUT2D eigenvalue weighted by Gasteiger charge is 2.18. The molecule has 6 heteroatoms. The summed E-state index contributed by atoms with van der Waals surface area (Å²) in [6.45, 7) is 9.57. The number of nitrogens with zero attached hydrogens (tertiary/aromatic N) is 3. The molecule has 0 saturated carbocycles. The molecular weight excluding hydrogens is 376 g/mol. The number of aryl methyl sites for hydroxylation is 3. The van der Waals surface area contributed by atoms with Crippen molar-refractivity contribution < 1.29 is 9.53 Å². The Morgan fingerprint density at radius 3 is 2.43 bits per heavy atom. The zero-order chi connectivity index (χ0) is 21.1. The number of anilines is 1. The third-order valence-corrected chi connectivity index (χ3v) is 5.57. The SMILES string of the molecule is Cc1cc(C)c(-c2cc(NC(=O)CN3CCOCC3)n(-c3ccccc3)n2)cc1C. The van der Waals surface area contributed by atoms with Gasteiger partial charge >= 0.3 is 0 Å². The molecule has 0 radical (unpaired) electrons. The molecular formula is C24H28N4O2. The van der Waals surface area contributed by atoms with Crippen molar-refractivity contribution in [1.82, 2.24) is 14.7 Å². The van der Waals surface area contributed by atoms with Gasteiger partial charge in [-0.25, -0.2) is 4.68 Å². The zero-order valence-corrected chi connectivity index (χ0v) is 17.8. The molecule has 1 amide bonds. The van der Waals surface area contributed by atoms with Crippen LogP contribution < -0.4 is 5.32 Å². The Morgan fingerprint density at radius 2 is 1.70 bits per heavy atom. The summed E-state index contributed by atoms with van der Waals surface area (Å²) in [7, 11) is 0. The predicted molar refractivity (Wildman–Crippen MR) is 119 cm³/mol. The number of aromatic nitrogens is 2. The first-order chi connectivity index (χ1) is 14.5. The van der Waals surface area contributed by atoms with E-state index in [0.29, 0.717) is 25.6 Å².